The van der Waals surface area contributed by atoms with Crippen LogP contribution in [0.3, 0.4) is 0 Å². The van der Waals surface area contributed by atoms with E-state index in [1.807, 2.05) is 121 Å². The van der Waals surface area contributed by atoms with Gasteiger partial charge in [0, 0.05) is 26.5 Å². The topological polar surface area (TPSA) is 34.1 Å². The van der Waals surface area contributed by atoms with Gasteiger partial charge in [0.25, 0.3) is 0 Å². The van der Waals surface area contributed by atoms with Gasteiger partial charge in [0.2, 0.25) is 0 Å². The molecule has 0 amide bonds. The summed E-state index contributed by atoms with van der Waals surface area (Å²) in [6.07, 6.45) is 0. The van der Waals surface area contributed by atoms with Crippen LogP contribution in [0.5, 0.6) is 0 Å². The molecule has 0 aromatic heterocycles. The second-order valence-electron chi connectivity index (χ2n) is 9.05. The van der Waals surface area contributed by atoms with Crippen molar-refractivity contribution in [3.63, 3.8) is 0 Å². The van der Waals surface area contributed by atoms with E-state index in [0.717, 1.165) is 0 Å². The molecule has 0 fully saturated rings. The van der Waals surface area contributed by atoms with Crippen molar-refractivity contribution in [1.82, 2.24) is 0 Å². The Morgan fingerprint density at radius 2 is 0.868 bits per heavy atom. The second-order valence-corrected chi connectivity index (χ2v) is 14.7. The Bertz CT molecular complexity index is 1530. The number of allylic oxidation sites excluding steroid dienone is 1. The third-order valence-electron chi connectivity index (χ3n) is 6.79. The van der Waals surface area contributed by atoms with Gasteiger partial charge in [0.15, 0.2) is 14.3 Å². The van der Waals surface area contributed by atoms with Crippen molar-refractivity contribution >= 4 is 35.5 Å². The van der Waals surface area contributed by atoms with Crippen LogP contribution in [0.2, 0.25) is 0 Å². The molecule has 0 spiro atoms. The molecule has 5 heteroatoms. The summed E-state index contributed by atoms with van der Waals surface area (Å²) in [6, 6.07) is 42.9. The quantitative estimate of drug-likeness (QED) is 0.194. The number of hydrogen-bond acceptors (Lipinski definition) is 2. The number of halogens is 1. The maximum absolute atomic E-state index is 15.7. The maximum atomic E-state index is 15.7. The molecule has 2 nitrogen and oxygen atoms in total. The third kappa shape index (κ3) is 4.65. The number of benzene rings is 5. The first-order chi connectivity index (χ1) is 18.5. The van der Waals surface area contributed by atoms with Crippen molar-refractivity contribution in [2.75, 3.05) is 0 Å². The van der Waals surface area contributed by atoms with Crippen LogP contribution in [0.1, 0.15) is 11.2 Å². The van der Waals surface area contributed by atoms with Crippen molar-refractivity contribution in [2.24, 2.45) is 0 Å². The van der Waals surface area contributed by atoms with Gasteiger partial charge in [0.05, 0.1) is 5.66 Å². The van der Waals surface area contributed by atoms with Crippen LogP contribution in [0.15, 0.2) is 157 Å². The molecule has 5 rings (SSSR count). The van der Waals surface area contributed by atoms with E-state index in [0.29, 0.717) is 32.1 Å². The van der Waals surface area contributed by atoms with Gasteiger partial charge in [-0.2, -0.15) is 0 Å². The molecule has 0 saturated carbocycles. The first-order valence-electron chi connectivity index (χ1n) is 12.3. The molecule has 0 aliphatic carbocycles. The van der Waals surface area contributed by atoms with Crippen molar-refractivity contribution in [2.45, 2.75) is 5.66 Å². The molecule has 38 heavy (non-hydrogen) atoms. The molecule has 0 aliphatic rings. The van der Waals surface area contributed by atoms with Crippen LogP contribution in [0.25, 0.3) is 0 Å². The molecule has 5 aromatic carbocycles. The van der Waals surface area contributed by atoms with Gasteiger partial charge in [-0.05, 0) is 17.7 Å². The Morgan fingerprint density at radius 3 is 1.24 bits per heavy atom. The molecule has 1 atom stereocenters. The highest BCUT2D eigenvalue weighted by atomic mass is 31.2. The lowest BCUT2D eigenvalue weighted by Crippen LogP contribution is -2.26. The van der Waals surface area contributed by atoms with Gasteiger partial charge in [-0.3, -0.25) is 0 Å². The van der Waals surface area contributed by atoms with Gasteiger partial charge in [-0.15, -0.1) is 0 Å². The highest BCUT2D eigenvalue weighted by Crippen LogP contribution is 2.68. The van der Waals surface area contributed by atoms with Crippen molar-refractivity contribution in [3.05, 3.63) is 169 Å². The molecular weight excluding hydrogens is 509 g/mol. The van der Waals surface area contributed by atoms with Crippen molar-refractivity contribution in [1.29, 1.82) is 0 Å². The van der Waals surface area contributed by atoms with Crippen LogP contribution >= 0.6 is 14.3 Å². The molecule has 188 valence electrons. The van der Waals surface area contributed by atoms with E-state index in [1.165, 1.54) is 12.1 Å². The highest BCUT2D eigenvalue weighted by molar-refractivity contribution is 7.85. The zero-order chi connectivity index (χ0) is 26.6. The molecule has 0 heterocycles. The van der Waals surface area contributed by atoms with E-state index in [2.05, 4.69) is 6.58 Å². The third-order valence-corrected chi connectivity index (χ3v) is 13.6. The average molecular weight is 537 g/mol. The van der Waals surface area contributed by atoms with Crippen LogP contribution in [0.4, 0.5) is 4.39 Å². The van der Waals surface area contributed by atoms with E-state index in [4.69, 9.17) is 0 Å². The van der Waals surface area contributed by atoms with Gasteiger partial charge in [-0.1, -0.05) is 140 Å². The molecular formula is C33H27FO2P2. The largest absolute Gasteiger partial charge is 0.313 e. The average Bonchev–Trinajstić information content (AvgIpc) is 2.99. The van der Waals surface area contributed by atoms with Gasteiger partial charge < -0.3 is 9.13 Å². The fraction of sp³-hybridized carbons (Fsp3) is 0.0303. The van der Waals surface area contributed by atoms with Crippen molar-refractivity contribution < 1.29 is 13.5 Å². The summed E-state index contributed by atoms with van der Waals surface area (Å²) in [5.41, 5.74) is -0.279. The minimum atomic E-state index is -3.56. The molecule has 5 aromatic rings. The van der Waals surface area contributed by atoms with E-state index in [9.17, 15) is 4.39 Å². The predicted octanol–water partition coefficient (Wildman–Crippen LogP) is 7.41. The number of rotatable bonds is 8. The van der Waals surface area contributed by atoms with Crippen LogP contribution < -0.4 is 21.2 Å². The molecule has 0 bridgehead atoms. The number of hydrogen-bond donors (Lipinski definition) is 0. The lowest BCUT2D eigenvalue weighted by atomic mass is 10.1. The Hall–Kier alpha value is -3.77. The highest BCUT2D eigenvalue weighted by Gasteiger charge is 2.46. The van der Waals surface area contributed by atoms with Gasteiger partial charge >= 0.3 is 0 Å². The van der Waals surface area contributed by atoms with E-state index < -0.39 is 25.8 Å². The lowest BCUT2D eigenvalue weighted by Gasteiger charge is -2.34. The zero-order valence-electron chi connectivity index (χ0n) is 20.7. The Labute approximate surface area is 223 Å². The minimum absolute atomic E-state index is 0.345. The molecule has 0 aliphatic heterocycles. The van der Waals surface area contributed by atoms with Crippen LogP contribution in [-0.4, -0.2) is 0 Å². The van der Waals surface area contributed by atoms with E-state index in [-0.39, 0.29) is 0 Å². The second kappa shape index (κ2) is 10.9. The summed E-state index contributed by atoms with van der Waals surface area (Å²) in [4.78, 5) is 0. The normalized spacial score (nSPS) is 12.6. The minimum Gasteiger partial charge on any atom is -0.313 e. The molecule has 0 radical (unpaired) electrons. The summed E-state index contributed by atoms with van der Waals surface area (Å²) in [5, 5.41) is 2.80. The van der Waals surface area contributed by atoms with E-state index >= 15 is 9.13 Å². The first kappa shape index (κ1) is 25.9. The summed E-state index contributed by atoms with van der Waals surface area (Å²) in [5.74, 6) is -0.401. The van der Waals surface area contributed by atoms with Crippen LogP contribution in [-0.2, 0) is 9.13 Å². The first-order valence-corrected chi connectivity index (χ1v) is 15.8. The summed E-state index contributed by atoms with van der Waals surface area (Å²) >= 11 is 0. The Balaban J connectivity index is 1.85. The summed E-state index contributed by atoms with van der Waals surface area (Å²) in [7, 11) is -7.11. The fourth-order valence-electron chi connectivity index (χ4n) is 4.93. The standard InChI is InChI=1S/C33H27FO2P2/c1-26(37(35,29-14-6-2-7-15-29)30-16-8-3-9-17-30)33(27-22-24-28(34)25-23-27)38(36,31-18-10-4-11-19-31)32-20-12-5-13-21-32/h2-25,33H,1H2. The Morgan fingerprint density at radius 1 is 0.526 bits per heavy atom. The van der Waals surface area contributed by atoms with Crippen LogP contribution in [0, 0.1) is 5.82 Å². The van der Waals surface area contributed by atoms with E-state index in [1.54, 1.807) is 12.1 Å². The van der Waals surface area contributed by atoms with Crippen molar-refractivity contribution in [3.8, 4) is 0 Å². The smallest absolute Gasteiger partial charge is 0.167 e. The zero-order valence-corrected chi connectivity index (χ0v) is 22.5. The lowest BCUT2D eigenvalue weighted by molar-refractivity contribution is 0.579. The summed E-state index contributed by atoms with van der Waals surface area (Å²) < 4.78 is 45.2. The molecule has 0 N–H and O–H groups in total. The van der Waals surface area contributed by atoms with Gasteiger partial charge in [-0.25, -0.2) is 4.39 Å². The monoisotopic (exact) mass is 536 g/mol. The predicted molar refractivity (Wildman–Crippen MR) is 158 cm³/mol. The fourth-order valence-corrected chi connectivity index (χ4v) is 11.7. The SMILES string of the molecule is C=C(C(c1ccc(F)cc1)P(=O)(c1ccccc1)c1ccccc1)P(=O)(c1ccccc1)c1ccccc1. The maximum Gasteiger partial charge on any atom is 0.167 e. The molecule has 0 saturated heterocycles. The molecule has 1 unspecified atom stereocenters. The summed E-state index contributed by atoms with van der Waals surface area (Å²) in [6.45, 7) is 4.47. The Kier molecular flexibility index (Phi) is 7.43. The van der Waals surface area contributed by atoms with Gasteiger partial charge in [0.1, 0.15) is 5.82 Å².